The molecular weight excluding hydrogens is 386 g/mol. The molecule has 0 aliphatic rings. The molecule has 3 rings (SSSR count). The van der Waals surface area contributed by atoms with E-state index in [0.717, 1.165) is 25.6 Å². The van der Waals surface area contributed by atoms with Crippen molar-refractivity contribution in [3.05, 3.63) is 70.5 Å². The summed E-state index contributed by atoms with van der Waals surface area (Å²) in [5.74, 6) is -0.230. The second-order valence-electron chi connectivity index (χ2n) is 5.24. The summed E-state index contributed by atoms with van der Waals surface area (Å²) in [5, 5.41) is 7.23. The first-order chi connectivity index (χ1) is 11.6. The molecule has 24 heavy (non-hydrogen) atoms. The summed E-state index contributed by atoms with van der Waals surface area (Å²) in [5.41, 5.74) is 2.06. The van der Waals surface area contributed by atoms with E-state index in [1.54, 1.807) is 16.4 Å². The Morgan fingerprint density at radius 1 is 1.12 bits per heavy atom. The molecule has 0 spiro atoms. The van der Waals surface area contributed by atoms with E-state index in [-0.39, 0.29) is 5.91 Å². The van der Waals surface area contributed by atoms with E-state index in [2.05, 4.69) is 26.3 Å². The SMILES string of the molecule is Cc1c(Br)c(C(=O)Nc2ccccc2Sc2ccccc2)nn1C. The molecule has 4 nitrogen and oxygen atoms in total. The van der Waals surface area contributed by atoms with E-state index in [0.29, 0.717) is 5.69 Å². The molecule has 122 valence electrons. The van der Waals surface area contributed by atoms with Crippen LogP contribution in [-0.2, 0) is 7.05 Å². The first-order valence-electron chi connectivity index (χ1n) is 7.38. The van der Waals surface area contributed by atoms with Crippen molar-refractivity contribution in [3.8, 4) is 0 Å². The highest BCUT2D eigenvalue weighted by molar-refractivity contribution is 9.10. The maximum atomic E-state index is 12.6. The van der Waals surface area contributed by atoms with Crippen LogP contribution in [0.1, 0.15) is 16.2 Å². The fourth-order valence-corrected chi connectivity index (χ4v) is 3.62. The van der Waals surface area contributed by atoms with E-state index in [1.807, 2.05) is 68.6 Å². The Balaban J connectivity index is 1.85. The minimum Gasteiger partial charge on any atom is -0.320 e. The van der Waals surface area contributed by atoms with Crippen LogP contribution in [0.4, 0.5) is 5.69 Å². The number of aryl methyl sites for hydroxylation is 1. The van der Waals surface area contributed by atoms with Crippen LogP contribution in [0.5, 0.6) is 0 Å². The van der Waals surface area contributed by atoms with Gasteiger partial charge < -0.3 is 5.32 Å². The number of para-hydroxylation sites is 1. The largest absolute Gasteiger partial charge is 0.320 e. The van der Waals surface area contributed by atoms with Gasteiger partial charge in [-0.2, -0.15) is 5.10 Å². The van der Waals surface area contributed by atoms with Crippen LogP contribution < -0.4 is 5.32 Å². The smallest absolute Gasteiger partial charge is 0.277 e. The van der Waals surface area contributed by atoms with E-state index >= 15 is 0 Å². The van der Waals surface area contributed by atoms with Crippen molar-refractivity contribution in [3.63, 3.8) is 0 Å². The molecule has 0 radical (unpaired) electrons. The molecular formula is C18H16BrN3OS. The van der Waals surface area contributed by atoms with Gasteiger partial charge >= 0.3 is 0 Å². The highest BCUT2D eigenvalue weighted by atomic mass is 79.9. The first kappa shape index (κ1) is 16.8. The number of carbonyl (C=O) groups excluding carboxylic acids is 1. The molecule has 1 aromatic heterocycles. The van der Waals surface area contributed by atoms with Crippen LogP contribution in [0.2, 0.25) is 0 Å². The third kappa shape index (κ3) is 3.55. The molecule has 1 amide bonds. The predicted molar refractivity (Wildman–Crippen MR) is 101 cm³/mol. The number of nitrogens with zero attached hydrogens (tertiary/aromatic N) is 2. The van der Waals surface area contributed by atoms with Gasteiger partial charge in [-0.1, -0.05) is 42.1 Å². The van der Waals surface area contributed by atoms with E-state index in [4.69, 9.17) is 0 Å². The Morgan fingerprint density at radius 3 is 2.46 bits per heavy atom. The lowest BCUT2D eigenvalue weighted by Crippen LogP contribution is -2.14. The maximum absolute atomic E-state index is 12.6. The average Bonchev–Trinajstić information content (AvgIpc) is 2.85. The Labute approximate surface area is 153 Å². The zero-order valence-corrected chi connectivity index (χ0v) is 15.7. The van der Waals surface area contributed by atoms with Crippen molar-refractivity contribution in [2.24, 2.45) is 7.05 Å². The maximum Gasteiger partial charge on any atom is 0.277 e. The Bertz CT molecular complexity index is 877. The van der Waals surface area contributed by atoms with Gasteiger partial charge in [0, 0.05) is 16.8 Å². The second-order valence-corrected chi connectivity index (χ2v) is 7.15. The van der Waals surface area contributed by atoms with Crippen LogP contribution in [0, 0.1) is 6.92 Å². The van der Waals surface area contributed by atoms with E-state index in [1.165, 1.54) is 0 Å². The summed E-state index contributed by atoms with van der Waals surface area (Å²) in [7, 11) is 1.82. The first-order valence-corrected chi connectivity index (χ1v) is 8.99. The van der Waals surface area contributed by atoms with Gasteiger partial charge in [-0.15, -0.1) is 0 Å². The Morgan fingerprint density at radius 2 is 1.79 bits per heavy atom. The highest BCUT2D eigenvalue weighted by Gasteiger charge is 2.18. The summed E-state index contributed by atoms with van der Waals surface area (Å²) in [6.07, 6.45) is 0. The molecule has 0 saturated carbocycles. The third-order valence-electron chi connectivity index (χ3n) is 3.58. The van der Waals surface area contributed by atoms with Crippen LogP contribution in [-0.4, -0.2) is 15.7 Å². The molecule has 0 fully saturated rings. The minimum atomic E-state index is -0.230. The molecule has 1 heterocycles. The van der Waals surface area contributed by atoms with Crippen molar-refractivity contribution >= 4 is 39.3 Å². The lowest BCUT2D eigenvalue weighted by molar-refractivity contribution is 0.102. The van der Waals surface area contributed by atoms with Crippen molar-refractivity contribution in [1.29, 1.82) is 0 Å². The molecule has 6 heteroatoms. The minimum absolute atomic E-state index is 0.230. The number of carbonyl (C=O) groups is 1. The summed E-state index contributed by atoms with van der Waals surface area (Å²) < 4.78 is 2.40. The van der Waals surface area contributed by atoms with Crippen molar-refractivity contribution in [1.82, 2.24) is 9.78 Å². The summed E-state index contributed by atoms with van der Waals surface area (Å²) in [6, 6.07) is 17.8. The molecule has 0 unspecified atom stereocenters. The van der Waals surface area contributed by atoms with E-state index in [9.17, 15) is 4.79 Å². The van der Waals surface area contributed by atoms with Crippen LogP contribution in [0.3, 0.4) is 0 Å². The molecule has 0 atom stereocenters. The lowest BCUT2D eigenvalue weighted by atomic mass is 10.3. The van der Waals surface area contributed by atoms with Crippen molar-refractivity contribution < 1.29 is 4.79 Å². The quantitative estimate of drug-likeness (QED) is 0.676. The Kier molecular flexibility index (Phi) is 5.06. The summed E-state index contributed by atoms with van der Waals surface area (Å²) >= 11 is 5.05. The summed E-state index contributed by atoms with van der Waals surface area (Å²) in [6.45, 7) is 1.91. The highest BCUT2D eigenvalue weighted by Crippen LogP contribution is 2.33. The molecule has 0 aliphatic heterocycles. The summed E-state index contributed by atoms with van der Waals surface area (Å²) in [4.78, 5) is 14.7. The molecule has 0 saturated heterocycles. The van der Waals surface area contributed by atoms with Gasteiger partial charge in [0.1, 0.15) is 0 Å². The number of aromatic nitrogens is 2. The van der Waals surface area contributed by atoms with E-state index < -0.39 is 0 Å². The molecule has 0 bridgehead atoms. The van der Waals surface area contributed by atoms with Gasteiger partial charge in [-0.25, -0.2) is 0 Å². The fourth-order valence-electron chi connectivity index (χ4n) is 2.18. The average molecular weight is 402 g/mol. The zero-order chi connectivity index (χ0) is 17.1. The third-order valence-corrected chi connectivity index (χ3v) is 5.62. The number of anilines is 1. The van der Waals surface area contributed by atoms with Gasteiger partial charge in [-0.3, -0.25) is 9.48 Å². The van der Waals surface area contributed by atoms with Crippen LogP contribution in [0.25, 0.3) is 0 Å². The monoisotopic (exact) mass is 401 g/mol. The number of nitrogens with one attached hydrogen (secondary N) is 1. The second kappa shape index (κ2) is 7.23. The topological polar surface area (TPSA) is 46.9 Å². The molecule has 3 aromatic rings. The van der Waals surface area contributed by atoms with Crippen molar-refractivity contribution in [2.45, 2.75) is 16.7 Å². The van der Waals surface area contributed by atoms with Gasteiger partial charge in [0.15, 0.2) is 5.69 Å². The number of hydrogen-bond acceptors (Lipinski definition) is 3. The normalized spacial score (nSPS) is 10.6. The number of rotatable bonds is 4. The van der Waals surface area contributed by atoms with Crippen LogP contribution >= 0.6 is 27.7 Å². The zero-order valence-electron chi connectivity index (χ0n) is 13.3. The number of amides is 1. The van der Waals surface area contributed by atoms with Crippen molar-refractivity contribution in [2.75, 3.05) is 5.32 Å². The standard InChI is InChI=1S/C18H16BrN3OS/c1-12-16(19)17(21-22(12)2)18(23)20-14-10-6-7-11-15(14)24-13-8-4-3-5-9-13/h3-11H,1-2H3,(H,20,23). The van der Waals surface area contributed by atoms with Crippen LogP contribution in [0.15, 0.2) is 68.9 Å². The number of hydrogen-bond donors (Lipinski definition) is 1. The fraction of sp³-hybridized carbons (Fsp3) is 0.111. The Hall–Kier alpha value is -2.05. The molecule has 1 N–H and O–H groups in total. The van der Waals surface area contributed by atoms with Gasteiger partial charge in [0.2, 0.25) is 0 Å². The predicted octanol–water partition coefficient (Wildman–Crippen LogP) is 4.89. The number of halogens is 1. The number of benzene rings is 2. The lowest BCUT2D eigenvalue weighted by Gasteiger charge is -2.10. The van der Waals surface area contributed by atoms with Gasteiger partial charge in [-0.05, 0) is 47.1 Å². The molecule has 2 aromatic carbocycles. The molecule has 0 aliphatic carbocycles. The van der Waals surface area contributed by atoms with Gasteiger partial charge in [0.05, 0.1) is 15.9 Å². The van der Waals surface area contributed by atoms with Gasteiger partial charge in [0.25, 0.3) is 5.91 Å².